The van der Waals surface area contributed by atoms with Gasteiger partial charge in [0.1, 0.15) is 11.6 Å². The van der Waals surface area contributed by atoms with Gasteiger partial charge in [0.25, 0.3) is 5.91 Å². The van der Waals surface area contributed by atoms with Crippen LogP contribution in [0.4, 0.5) is 4.79 Å². The topological polar surface area (TPSA) is 116 Å². The summed E-state index contributed by atoms with van der Waals surface area (Å²) in [5, 5.41) is 13.4. The van der Waals surface area contributed by atoms with Gasteiger partial charge in [-0.05, 0) is 20.8 Å². The number of carboxylic acids is 1. The maximum Gasteiger partial charge on any atom is 0.325 e. The summed E-state index contributed by atoms with van der Waals surface area (Å²) in [4.78, 5) is 46.2. The zero-order valence-corrected chi connectivity index (χ0v) is 11.0. The Morgan fingerprint density at radius 3 is 2.42 bits per heavy atom. The Morgan fingerprint density at radius 2 is 2.00 bits per heavy atom. The normalized spacial score (nSPS) is 19.0. The van der Waals surface area contributed by atoms with Gasteiger partial charge in [-0.1, -0.05) is 0 Å². The fourth-order valence-electron chi connectivity index (χ4n) is 1.61. The molecule has 0 aromatic rings. The molecule has 1 saturated heterocycles. The Morgan fingerprint density at radius 1 is 1.42 bits per heavy atom. The van der Waals surface area contributed by atoms with Crippen LogP contribution in [0.1, 0.15) is 27.2 Å². The lowest BCUT2D eigenvalue weighted by atomic mass is 10.1. The number of nitrogens with zero attached hydrogens (tertiary/aromatic N) is 1. The van der Waals surface area contributed by atoms with Crippen molar-refractivity contribution in [1.29, 1.82) is 0 Å². The van der Waals surface area contributed by atoms with Crippen LogP contribution < -0.4 is 10.6 Å². The Hall–Kier alpha value is -2.12. The number of nitrogens with one attached hydrogen (secondary N) is 2. The SMILES string of the molecule is C[C@@H](NC(=O)CCN1C(=O)NC(C)(C)C1=O)C(=O)O. The monoisotopic (exact) mass is 271 g/mol. The van der Waals surface area contributed by atoms with Gasteiger partial charge in [-0.3, -0.25) is 19.3 Å². The van der Waals surface area contributed by atoms with E-state index in [0.717, 1.165) is 4.90 Å². The first-order valence-corrected chi connectivity index (χ1v) is 5.81. The number of urea groups is 1. The molecule has 0 aromatic heterocycles. The summed E-state index contributed by atoms with van der Waals surface area (Å²) in [6.45, 7) is 4.39. The number of aliphatic carboxylic acids is 1. The predicted octanol–water partition coefficient (Wildman–Crippen LogP) is -0.704. The van der Waals surface area contributed by atoms with Crippen molar-refractivity contribution in [3.05, 3.63) is 0 Å². The molecule has 8 heteroatoms. The van der Waals surface area contributed by atoms with E-state index in [0.29, 0.717) is 0 Å². The number of hydrogen-bond donors (Lipinski definition) is 3. The molecule has 0 unspecified atom stereocenters. The molecule has 0 saturated carbocycles. The van der Waals surface area contributed by atoms with Crippen molar-refractivity contribution in [2.75, 3.05) is 6.54 Å². The van der Waals surface area contributed by atoms with Crippen LogP contribution in [0.5, 0.6) is 0 Å². The maximum atomic E-state index is 11.8. The molecule has 1 heterocycles. The van der Waals surface area contributed by atoms with Crippen molar-refractivity contribution in [3.63, 3.8) is 0 Å². The summed E-state index contributed by atoms with van der Waals surface area (Å²) in [6.07, 6.45) is -0.132. The number of carbonyl (C=O) groups excluding carboxylic acids is 3. The Balaban J connectivity index is 2.49. The van der Waals surface area contributed by atoms with Crippen molar-refractivity contribution in [1.82, 2.24) is 15.5 Å². The summed E-state index contributed by atoms with van der Waals surface area (Å²) in [5.41, 5.74) is -0.970. The summed E-state index contributed by atoms with van der Waals surface area (Å²) in [7, 11) is 0. The molecule has 3 N–H and O–H groups in total. The van der Waals surface area contributed by atoms with Crippen molar-refractivity contribution >= 4 is 23.8 Å². The van der Waals surface area contributed by atoms with Crippen molar-refractivity contribution in [3.8, 4) is 0 Å². The maximum absolute atomic E-state index is 11.8. The highest BCUT2D eigenvalue weighted by Gasteiger charge is 2.43. The number of amides is 4. The first-order chi connectivity index (χ1) is 8.65. The van der Waals surface area contributed by atoms with Crippen molar-refractivity contribution in [2.45, 2.75) is 38.8 Å². The molecule has 1 fully saturated rings. The van der Waals surface area contributed by atoms with E-state index in [4.69, 9.17) is 5.11 Å². The molecule has 4 amide bonds. The molecule has 1 rings (SSSR count). The Kier molecular flexibility index (Phi) is 4.13. The van der Waals surface area contributed by atoms with E-state index in [-0.39, 0.29) is 13.0 Å². The van der Waals surface area contributed by atoms with Gasteiger partial charge in [-0.2, -0.15) is 0 Å². The van der Waals surface area contributed by atoms with E-state index >= 15 is 0 Å². The predicted molar refractivity (Wildman–Crippen MR) is 64.2 cm³/mol. The zero-order chi connectivity index (χ0) is 14.8. The first kappa shape index (κ1) is 14.9. The van der Waals surface area contributed by atoms with Gasteiger partial charge in [0.2, 0.25) is 5.91 Å². The van der Waals surface area contributed by atoms with Crippen LogP contribution in [-0.2, 0) is 14.4 Å². The number of hydrogen-bond acceptors (Lipinski definition) is 4. The largest absolute Gasteiger partial charge is 0.480 e. The summed E-state index contributed by atoms with van der Waals surface area (Å²) >= 11 is 0. The second kappa shape index (κ2) is 5.25. The number of imide groups is 1. The smallest absolute Gasteiger partial charge is 0.325 e. The van der Waals surface area contributed by atoms with E-state index in [1.165, 1.54) is 6.92 Å². The molecule has 0 aliphatic carbocycles. The number of carboxylic acid groups (broad SMARTS) is 1. The molecule has 1 aliphatic rings. The third kappa shape index (κ3) is 3.43. The second-order valence-corrected chi connectivity index (χ2v) is 4.89. The van der Waals surface area contributed by atoms with E-state index in [9.17, 15) is 19.2 Å². The van der Waals surface area contributed by atoms with Crippen molar-refractivity contribution in [2.24, 2.45) is 0 Å². The minimum atomic E-state index is -1.15. The van der Waals surface area contributed by atoms with Crippen molar-refractivity contribution < 1.29 is 24.3 Å². The summed E-state index contributed by atoms with van der Waals surface area (Å²) in [5.74, 6) is -2.08. The number of carbonyl (C=O) groups is 4. The lowest BCUT2D eigenvalue weighted by Crippen LogP contribution is -2.42. The minimum Gasteiger partial charge on any atom is -0.480 e. The molecular weight excluding hydrogens is 254 g/mol. The van der Waals surface area contributed by atoms with Crippen LogP contribution in [0.15, 0.2) is 0 Å². The standard InChI is InChI=1S/C11H17N3O5/c1-6(8(16)17)12-7(15)4-5-14-9(18)11(2,3)13-10(14)19/h6H,4-5H2,1-3H3,(H,12,15)(H,13,19)(H,16,17)/t6-/m1/s1. The Bertz CT molecular complexity index is 432. The average molecular weight is 271 g/mol. The molecular formula is C11H17N3O5. The third-order valence-corrected chi connectivity index (χ3v) is 2.75. The number of rotatable bonds is 5. The molecule has 106 valence electrons. The molecule has 0 aromatic carbocycles. The highest BCUT2D eigenvalue weighted by Crippen LogP contribution is 2.16. The molecule has 0 spiro atoms. The molecule has 8 nitrogen and oxygen atoms in total. The minimum absolute atomic E-state index is 0.0771. The fraction of sp³-hybridized carbons (Fsp3) is 0.636. The van der Waals surface area contributed by atoms with Crippen LogP contribution in [0.3, 0.4) is 0 Å². The molecule has 0 radical (unpaired) electrons. The van der Waals surface area contributed by atoms with Gasteiger partial charge in [-0.25, -0.2) is 4.79 Å². The second-order valence-electron chi connectivity index (χ2n) is 4.89. The lowest BCUT2D eigenvalue weighted by molar-refractivity contribution is -0.141. The van der Waals surface area contributed by atoms with Crippen LogP contribution in [0, 0.1) is 0 Å². The zero-order valence-electron chi connectivity index (χ0n) is 11.0. The highest BCUT2D eigenvalue weighted by molar-refractivity contribution is 6.06. The van der Waals surface area contributed by atoms with E-state index in [2.05, 4.69) is 10.6 Å². The molecule has 19 heavy (non-hydrogen) atoms. The van der Waals surface area contributed by atoms with Gasteiger partial charge in [0, 0.05) is 13.0 Å². The van der Waals surface area contributed by atoms with Gasteiger partial charge in [0.05, 0.1) is 0 Å². The van der Waals surface area contributed by atoms with E-state index in [1.54, 1.807) is 13.8 Å². The lowest BCUT2D eigenvalue weighted by Gasteiger charge is -2.16. The highest BCUT2D eigenvalue weighted by atomic mass is 16.4. The fourth-order valence-corrected chi connectivity index (χ4v) is 1.61. The van der Waals surface area contributed by atoms with Gasteiger partial charge >= 0.3 is 12.0 Å². The third-order valence-electron chi connectivity index (χ3n) is 2.75. The van der Waals surface area contributed by atoms with Crippen LogP contribution in [0.2, 0.25) is 0 Å². The average Bonchev–Trinajstić information content (AvgIpc) is 2.46. The Labute approximate surface area is 110 Å². The first-order valence-electron chi connectivity index (χ1n) is 5.81. The molecule has 1 aliphatic heterocycles. The van der Waals surface area contributed by atoms with Crippen LogP contribution >= 0.6 is 0 Å². The van der Waals surface area contributed by atoms with E-state index in [1.807, 2.05) is 0 Å². The summed E-state index contributed by atoms with van der Waals surface area (Å²) < 4.78 is 0. The quantitative estimate of drug-likeness (QED) is 0.572. The molecule has 1 atom stereocenters. The van der Waals surface area contributed by atoms with Crippen LogP contribution in [-0.4, -0.2) is 51.9 Å². The van der Waals surface area contributed by atoms with Gasteiger partial charge < -0.3 is 15.7 Å². The van der Waals surface area contributed by atoms with Crippen LogP contribution in [0.25, 0.3) is 0 Å². The molecule has 0 bridgehead atoms. The van der Waals surface area contributed by atoms with E-state index < -0.39 is 35.4 Å². The van der Waals surface area contributed by atoms with Gasteiger partial charge in [0.15, 0.2) is 0 Å². The summed E-state index contributed by atoms with van der Waals surface area (Å²) in [6, 6.07) is -1.55. The van der Waals surface area contributed by atoms with Gasteiger partial charge in [-0.15, -0.1) is 0 Å².